The van der Waals surface area contributed by atoms with E-state index in [0.29, 0.717) is 13.0 Å². The molecule has 0 radical (unpaired) electrons. The second-order valence-electron chi connectivity index (χ2n) is 5.08. The Balaban J connectivity index is 3.90. The average molecular weight is 332 g/mol. The first kappa shape index (κ1) is 21.0. The van der Waals surface area contributed by atoms with Crippen molar-refractivity contribution in [3.05, 3.63) is 0 Å². The summed E-state index contributed by atoms with van der Waals surface area (Å²) < 4.78 is 9.76. The minimum atomic E-state index is -1.14. The van der Waals surface area contributed by atoms with Crippen LogP contribution in [0, 0.1) is 0 Å². The maximum atomic E-state index is 11.4. The molecule has 0 aromatic carbocycles. The highest BCUT2D eigenvalue weighted by Gasteiger charge is 2.20. The molecule has 1 atom stereocenters. The average Bonchev–Trinajstić information content (AvgIpc) is 2.50. The molecule has 0 heterocycles. The van der Waals surface area contributed by atoms with Crippen molar-refractivity contribution < 1.29 is 29.0 Å². The van der Waals surface area contributed by atoms with Crippen molar-refractivity contribution in [1.82, 2.24) is 10.6 Å². The lowest BCUT2D eigenvalue weighted by atomic mass is 10.1. The minimum absolute atomic E-state index is 0.188. The Bertz CT molecular complexity index is 362. The third-order valence-electron chi connectivity index (χ3n) is 2.99. The number of ether oxygens (including phenoxy) is 2. The summed E-state index contributed by atoms with van der Waals surface area (Å²) >= 11 is 0. The standard InChI is InChI=1S/C15H28N2O6/c1-3-5-10-22-14(20)16-9-7-8-12(13(18)19)17-15(21)23-11-6-4-2/h12H,3-11H2,1-2H3,(H,16,20)(H,17,21)(H,18,19)/t12-/m0/s1. The molecule has 0 aromatic heterocycles. The first-order valence-electron chi connectivity index (χ1n) is 8.07. The topological polar surface area (TPSA) is 114 Å². The maximum absolute atomic E-state index is 11.4. The quantitative estimate of drug-likeness (QED) is 0.472. The van der Waals surface area contributed by atoms with E-state index in [4.69, 9.17) is 14.6 Å². The molecule has 23 heavy (non-hydrogen) atoms. The van der Waals surface area contributed by atoms with Crippen LogP contribution in [0.5, 0.6) is 0 Å². The number of carboxylic acids is 1. The molecule has 0 unspecified atom stereocenters. The van der Waals surface area contributed by atoms with Crippen molar-refractivity contribution in [2.75, 3.05) is 19.8 Å². The largest absolute Gasteiger partial charge is 0.480 e. The fourth-order valence-electron chi connectivity index (χ4n) is 1.61. The molecule has 0 aliphatic carbocycles. The number of alkyl carbamates (subject to hydrolysis) is 2. The number of amides is 2. The van der Waals surface area contributed by atoms with Gasteiger partial charge in [0.05, 0.1) is 13.2 Å². The number of carbonyl (C=O) groups excluding carboxylic acids is 2. The Morgan fingerprint density at radius 2 is 1.52 bits per heavy atom. The zero-order valence-electron chi connectivity index (χ0n) is 13.9. The zero-order chi connectivity index (χ0) is 17.5. The van der Waals surface area contributed by atoms with E-state index in [9.17, 15) is 14.4 Å². The summed E-state index contributed by atoms with van der Waals surface area (Å²) in [5.41, 5.74) is 0. The van der Waals surface area contributed by atoms with Gasteiger partial charge in [-0.05, 0) is 25.7 Å². The van der Waals surface area contributed by atoms with Crippen LogP contribution in [-0.4, -0.2) is 49.1 Å². The highest BCUT2D eigenvalue weighted by atomic mass is 16.6. The van der Waals surface area contributed by atoms with Crippen LogP contribution in [0.25, 0.3) is 0 Å². The van der Waals surface area contributed by atoms with E-state index in [1.54, 1.807) is 0 Å². The van der Waals surface area contributed by atoms with Crippen LogP contribution < -0.4 is 10.6 Å². The molecule has 0 saturated heterocycles. The van der Waals surface area contributed by atoms with Crippen molar-refractivity contribution in [1.29, 1.82) is 0 Å². The number of nitrogens with one attached hydrogen (secondary N) is 2. The first-order chi connectivity index (χ1) is 11.0. The predicted octanol–water partition coefficient (Wildman–Crippen LogP) is 2.27. The van der Waals surface area contributed by atoms with Crippen molar-refractivity contribution in [2.24, 2.45) is 0 Å². The molecule has 0 aliphatic heterocycles. The van der Waals surface area contributed by atoms with Gasteiger partial charge in [0.25, 0.3) is 0 Å². The summed E-state index contributed by atoms with van der Waals surface area (Å²) in [5, 5.41) is 13.9. The number of hydrogen-bond acceptors (Lipinski definition) is 5. The van der Waals surface area contributed by atoms with Crippen LogP contribution >= 0.6 is 0 Å². The fourth-order valence-corrected chi connectivity index (χ4v) is 1.61. The Morgan fingerprint density at radius 3 is 2.04 bits per heavy atom. The lowest BCUT2D eigenvalue weighted by Gasteiger charge is -2.14. The van der Waals surface area contributed by atoms with Crippen LogP contribution in [0.15, 0.2) is 0 Å². The van der Waals surface area contributed by atoms with Gasteiger partial charge in [-0.15, -0.1) is 0 Å². The second-order valence-corrected chi connectivity index (χ2v) is 5.08. The van der Waals surface area contributed by atoms with Crippen LogP contribution in [0.1, 0.15) is 52.4 Å². The van der Waals surface area contributed by atoms with Crippen molar-refractivity contribution in [3.8, 4) is 0 Å². The molecule has 0 fully saturated rings. The summed E-state index contributed by atoms with van der Waals surface area (Å²) in [6.07, 6.45) is 2.69. The van der Waals surface area contributed by atoms with Crippen LogP contribution in [0.3, 0.4) is 0 Å². The van der Waals surface area contributed by atoms with Gasteiger partial charge in [0.1, 0.15) is 6.04 Å². The fraction of sp³-hybridized carbons (Fsp3) is 0.800. The highest BCUT2D eigenvalue weighted by Crippen LogP contribution is 1.99. The molecule has 134 valence electrons. The molecular weight excluding hydrogens is 304 g/mol. The van der Waals surface area contributed by atoms with E-state index >= 15 is 0 Å². The number of unbranched alkanes of at least 4 members (excludes halogenated alkanes) is 2. The van der Waals surface area contributed by atoms with Gasteiger partial charge in [-0.2, -0.15) is 0 Å². The summed E-state index contributed by atoms with van der Waals surface area (Å²) in [4.78, 5) is 33.8. The molecule has 3 N–H and O–H groups in total. The van der Waals surface area contributed by atoms with E-state index < -0.39 is 24.2 Å². The van der Waals surface area contributed by atoms with Gasteiger partial charge in [-0.25, -0.2) is 14.4 Å². The number of aliphatic carboxylic acids is 1. The van der Waals surface area contributed by atoms with Crippen molar-refractivity contribution in [3.63, 3.8) is 0 Å². The Hall–Kier alpha value is -1.99. The van der Waals surface area contributed by atoms with Crippen LogP contribution in [0.4, 0.5) is 9.59 Å². The molecule has 0 bridgehead atoms. The number of hydrogen-bond donors (Lipinski definition) is 3. The van der Waals surface area contributed by atoms with E-state index in [1.807, 2.05) is 13.8 Å². The third kappa shape index (κ3) is 12.3. The molecule has 0 spiro atoms. The van der Waals surface area contributed by atoms with Gasteiger partial charge in [0.2, 0.25) is 0 Å². The van der Waals surface area contributed by atoms with Gasteiger partial charge in [0, 0.05) is 6.54 Å². The molecule has 0 aromatic rings. The van der Waals surface area contributed by atoms with E-state index in [0.717, 1.165) is 25.7 Å². The lowest BCUT2D eigenvalue weighted by molar-refractivity contribution is -0.139. The van der Waals surface area contributed by atoms with E-state index in [2.05, 4.69) is 10.6 Å². The zero-order valence-corrected chi connectivity index (χ0v) is 13.9. The van der Waals surface area contributed by atoms with Gasteiger partial charge in [0.15, 0.2) is 0 Å². The summed E-state index contributed by atoms with van der Waals surface area (Å²) in [6.45, 7) is 4.86. The summed E-state index contributed by atoms with van der Waals surface area (Å²) in [7, 11) is 0. The Kier molecular flexibility index (Phi) is 12.5. The van der Waals surface area contributed by atoms with E-state index in [1.165, 1.54) is 0 Å². The molecule has 8 nitrogen and oxygen atoms in total. The Labute approximate surface area is 136 Å². The van der Waals surface area contributed by atoms with Crippen LogP contribution in [0.2, 0.25) is 0 Å². The smallest absolute Gasteiger partial charge is 0.407 e. The number of carbonyl (C=O) groups is 3. The minimum Gasteiger partial charge on any atom is -0.480 e. The lowest BCUT2D eigenvalue weighted by Crippen LogP contribution is -2.41. The molecule has 0 rings (SSSR count). The second kappa shape index (κ2) is 13.7. The SMILES string of the molecule is CCCCOC(=O)NCCC[C@H](NC(=O)OCCCC)C(=O)O. The molecule has 2 amide bonds. The van der Waals surface area contributed by atoms with Crippen LogP contribution in [-0.2, 0) is 14.3 Å². The number of carboxylic acid groups (broad SMARTS) is 1. The van der Waals surface area contributed by atoms with Crippen molar-refractivity contribution >= 4 is 18.2 Å². The monoisotopic (exact) mass is 332 g/mol. The first-order valence-corrected chi connectivity index (χ1v) is 8.07. The van der Waals surface area contributed by atoms with E-state index in [-0.39, 0.29) is 19.6 Å². The Morgan fingerprint density at radius 1 is 0.957 bits per heavy atom. The highest BCUT2D eigenvalue weighted by molar-refractivity contribution is 5.79. The maximum Gasteiger partial charge on any atom is 0.407 e. The summed E-state index contributed by atoms with van der Waals surface area (Å²) in [6, 6.07) is -1.04. The summed E-state index contributed by atoms with van der Waals surface area (Å²) in [5.74, 6) is -1.14. The normalized spacial score (nSPS) is 11.4. The third-order valence-corrected chi connectivity index (χ3v) is 2.99. The van der Waals surface area contributed by atoms with Crippen molar-refractivity contribution in [2.45, 2.75) is 58.4 Å². The van der Waals surface area contributed by atoms with Gasteiger partial charge in [-0.1, -0.05) is 26.7 Å². The molecular formula is C15H28N2O6. The van der Waals surface area contributed by atoms with Gasteiger partial charge in [-0.3, -0.25) is 0 Å². The van der Waals surface area contributed by atoms with Gasteiger partial charge >= 0.3 is 18.2 Å². The molecule has 8 heteroatoms. The predicted molar refractivity (Wildman–Crippen MR) is 84.3 cm³/mol. The van der Waals surface area contributed by atoms with Gasteiger partial charge < -0.3 is 25.2 Å². The molecule has 0 aliphatic rings. The molecule has 0 saturated carbocycles. The number of rotatable bonds is 12.